The highest BCUT2D eigenvalue weighted by Crippen LogP contribution is 2.30. The van der Waals surface area contributed by atoms with Crippen LogP contribution in [0.2, 0.25) is 0 Å². The molecule has 0 aliphatic carbocycles. The second kappa shape index (κ2) is 4.71. The van der Waals surface area contributed by atoms with E-state index in [9.17, 15) is 4.79 Å². The van der Waals surface area contributed by atoms with Crippen LogP contribution in [0.3, 0.4) is 0 Å². The quantitative estimate of drug-likeness (QED) is 0.830. The molecule has 0 unspecified atom stereocenters. The average molecular weight is 221 g/mol. The molecular formula is C12H15NOS. The minimum Gasteiger partial charge on any atom is -0.352 e. The number of nitrogens with one attached hydrogen (secondary N) is 1. The number of hydrogen-bond acceptors (Lipinski definition) is 2. The number of rotatable bonds is 2. The summed E-state index contributed by atoms with van der Waals surface area (Å²) in [6.45, 7) is 2.20. The van der Waals surface area contributed by atoms with Crippen LogP contribution < -0.4 is 5.32 Å². The fourth-order valence-corrected chi connectivity index (χ4v) is 2.77. The van der Waals surface area contributed by atoms with E-state index in [1.807, 2.05) is 11.8 Å². The topological polar surface area (TPSA) is 29.1 Å². The first kappa shape index (κ1) is 10.6. The molecule has 15 heavy (non-hydrogen) atoms. The van der Waals surface area contributed by atoms with Gasteiger partial charge >= 0.3 is 0 Å². The van der Waals surface area contributed by atoms with Crippen molar-refractivity contribution in [2.45, 2.75) is 31.2 Å². The van der Waals surface area contributed by atoms with Crippen LogP contribution in [-0.2, 0) is 17.8 Å². The van der Waals surface area contributed by atoms with Gasteiger partial charge in [0.05, 0.1) is 0 Å². The van der Waals surface area contributed by atoms with E-state index in [0.717, 1.165) is 0 Å². The van der Waals surface area contributed by atoms with Crippen molar-refractivity contribution in [3.8, 4) is 0 Å². The van der Waals surface area contributed by atoms with Crippen LogP contribution in [0.1, 0.15) is 24.5 Å². The van der Waals surface area contributed by atoms with Crippen LogP contribution in [-0.4, -0.2) is 11.7 Å². The molecule has 2 rings (SSSR count). The van der Waals surface area contributed by atoms with Crippen LogP contribution in [0.5, 0.6) is 0 Å². The second-order valence-electron chi connectivity index (χ2n) is 3.80. The summed E-state index contributed by atoms with van der Waals surface area (Å²) in [6.07, 6.45) is 2.44. The summed E-state index contributed by atoms with van der Waals surface area (Å²) in [4.78, 5) is 12.2. The Morgan fingerprint density at radius 2 is 2.40 bits per heavy atom. The third kappa shape index (κ3) is 2.75. The molecule has 0 spiro atoms. The van der Waals surface area contributed by atoms with Gasteiger partial charge in [-0.3, -0.25) is 4.79 Å². The Bertz CT molecular complexity index is 376. The molecular weight excluding hydrogens is 206 g/mol. The van der Waals surface area contributed by atoms with Gasteiger partial charge in [-0.1, -0.05) is 12.1 Å². The van der Waals surface area contributed by atoms with Crippen LogP contribution in [0.4, 0.5) is 0 Å². The lowest BCUT2D eigenvalue weighted by molar-refractivity contribution is -0.119. The molecule has 0 radical (unpaired) electrons. The molecule has 3 heteroatoms. The normalized spacial score (nSPS) is 14.5. The highest BCUT2D eigenvalue weighted by molar-refractivity contribution is 7.99. The lowest BCUT2D eigenvalue weighted by Crippen LogP contribution is -2.19. The van der Waals surface area contributed by atoms with Crippen molar-refractivity contribution in [3.63, 3.8) is 0 Å². The fraction of sp³-hybridized carbons (Fsp3) is 0.417. The van der Waals surface area contributed by atoms with Gasteiger partial charge in [-0.05, 0) is 35.8 Å². The Morgan fingerprint density at radius 3 is 3.20 bits per heavy atom. The average Bonchev–Trinajstić information content (AvgIpc) is 2.26. The maximum absolute atomic E-state index is 10.8. The molecule has 80 valence electrons. The first-order chi connectivity index (χ1) is 7.25. The van der Waals surface area contributed by atoms with Gasteiger partial charge in [-0.25, -0.2) is 0 Å². The highest BCUT2D eigenvalue weighted by Gasteiger charge is 2.09. The zero-order chi connectivity index (χ0) is 10.7. The standard InChI is InChI=1S/C12H15NOS/c1-9(14)13-8-10-4-5-12-11(7-10)3-2-6-15-12/h4-5,7H,2-3,6,8H2,1H3,(H,13,14). The molecule has 1 aromatic carbocycles. The van der Waals surface area contributed by atoms with E-state index < -0.39 is 0 Å². The van der Waals surface area contributed by atoms with Crippen LogP contribution in [0, 0.1) is 0 Å². The largest absolute Gasteiger partial charge is 0.352 e. The van der Waals surface area contributed by atoms with Gasteiger partial charge in [0.2, 0.25) is 5.91 Å². The smallest absolute Gasteiger partial charge is 0.217 e. The monoisotopic (exact) mass is 221 g/mol. The number of benzene rings is 1. The lowest BCUT2D eigenvalue weighted by Gasteiger charge is -2.16. The van der Waals surface area contributed by atoms with E-state index in [-0.39, 0.29) is 5.91 Å². The van der Waals surface area contributed by atoms with Gasteiger partial charge in [0.15, 0.2) is 0 Å². The maximum Gasteiger partial charge on any atom is 0.217 e. The summed E-state index contributed by atoms with van der Waals surface area (Å²) < 4.78 is 0. The van der Waals surface area contributed by atoms with Crippen LogP contribution >= 0.6 is 11.8 Å². The second-order valence-corrected chi connectivity index (χ2v) is 4.94. The summed E-state index contributed by atoms with van der Waals surface area (Å²) in [6, 6.07) is 6.50. The number of aryl methyl sites for hydroxylation is 1. The molecule has 0 saturated heterocycles. The third-order valence-corrected chi connectivity index (χ3v) is 3.72. The van der Waals surface area contributed by atoms with Crippen molar-refractivity contribution >= 4 is 17.7 Å². The summed E-state index contributed by atoms with van der Waals surface area (Å²) in [5, 5.41) is 2.82. The SMILES string of the molecule is CC(=O)NCc1ccc2c(c1)CCCS2. The molecule has 0 fully saturated rings. The Labute approximate surface area is 94.4 Å². The molecule has 2 nitrogen and oxygen atoms in total. The molecule has 0 saturated carbocycles. The van der Waals surface area contributed by atoms with Crippen molar-refractivity contribution in [2.24, 2.45) is 0 Å². The van der Waals surface area contributed by atoms with Crippen molar-refractivity contribution in [3.05, 3.63) is 29.3 Å². The molecule has 0 atom stereocenters. The van der Waals surface area contributed by atoms with Crippen LogP contribution in [0.15, 0.2) is 23.1 Å². The van der Waals surface area contributed by atoms with Gasteiger partial charge in [0.25, 0.3) is 0 Å². The van der Waals surface area contributed by atoms with Crippen molar-refractivity contribution in [1.82, 2.24) is 5.32 Å². The number of fused-ring (bicyclic) bond motifs is 1. The summed E-state index contributed by atoms with van der Waals surface area (Å²) in [5.74, 6) is 1.26. The molecule has 1 aromatic rings. The fourth-order valence-electron chi connectivity index (χ4n) is 1.75. The van der Waals surface area contributed by atoms with E-state index in [4.69, 9.17) is 0 Å². The van der Waals surface area contributed by atoms with Gasteiger partial charge in [-0.2, -0.15) is 0 Å². The zero-order valence-electron chi connectivity index (χ0n) is 8.88. The van der Waals surface area contributed by atoms with Gasteiger partial charge in [0.1, 0.15) is 0 Å². The zero-order valence-corrected chi connectivity index (χ0v) is 9.69. The molecule has 1 aliphatic rings. The number of hydrogen-bond donors (Lipinski definition) is 1. The van der Waals surface area contributed by atoms with E-state index in [1.165, 1.54) is 34.6 Å². The first-order valence-electron chi connectivity index (χ1n) is 5.25. The third-order valence-electron chi connectivity index (χ3n) is 2.51. The van der Waals surface area contributed by atoms with Crippen molar-refractivity contribution < 1.29 is 4.79 Å². The summed E-state index contributed by atoms with van der Waals surface area (Å²) >= 11 is 1.93. The van der Waals surface area contributed by atoms with Crippen molar-refractivity contribution in [2.75, 3.05) is 5.75 Å². The van der Waals surface area contributed by atoms with Crippen LogP contribution in [0.25, 0.3) is 0 Å². The first-order valence-corrected chi connectivity index (χ1v) is 6.23. The minimum atomic E-state index is 0.0297. The predicted octanol–water partition coefficient (Wildman–Crippen LogP) is 2.36. The Hall–Kier alpha value is -0.960. The molecule has 1 aliphatic heterocycles. The van der Waals surface area contributed by atoms with Crippen molar-refractivity contribution in [1.29, 1.82) is 0 Å². The Kier molecular flexibility index (Phi) is 3.31. The molecule has 0 bridgehead atoms. The van der Waals surface area contributed by atoms with E-state index in [1.54, 1.807) is 6.92 Å². The Morgan fingerprint density at radius 1 is 1.53 bits per heavy atom. The van der Waals surface area contributed by atoms with Gasteiger partial charge < -0.3 is 5.32 Å². The summed E-state index contributed by atoms with van der Waals surface area (Å²) in [5.41, 5.74) is 2.64. The van der Waals surface area contributed by atoms with E-state index in [2.05, 4.69) is 23.5 Å². The van der Waals surface area contributed by atoms with Gasteiger partial charge in [0, 0.05) is 18.4 Å². The van der Waals surface area contributed by atoms with Gasteiger partial charge in [-0.15, -0.1) is 11.8 Å². The minimum absolute atomic E-state index is 0.0297. The number of carbonyl (C=O) groups excluding carboxylic acids is 1. The summed E-state index contributed by atoms with van der Waals surface area (Å²) in [7, 11) is 0. The number of thioether (sulfide) groups is 1. The highest BCUT2D eigenvalue weighted by atomic mass is 32.2. The number of carbonyl (C=O) groups is 1. The maximum atomic E-state index is 10.8. The van der Waals surface area contributed by atoms with E-state index >= 15 is 0 Å². The predicted molar refractivity (Wildman–Crippen MR) is 63.0 cm³/mol. The molecule has 0 aromatic heterocycles. The Balaban J connectivity index is 2.10. The lowest BCUT2D eigenvalue weighted by atomic mass is 10.1. The van der Waals surface area contributed by atoms with E-state index in [0.29, 0.717) is 6.54 Å². The molecule has 1 heterocycles. The molecule has 1 amide bonds. The number of amides is 1. The molecule has 1 N–H and O–H groups in total.